The maximum Gasteiger partial charge on any atom is 0.288 e. The average Bonchev–Trinajstić information content (AvgIpc) is 2.73. The monoisotopic (exact) mass is 285 g/mol. The zero-order chi connectivity index (χ0) is 13.8. The number of anilines is 1. The molecule has 0 aliphatic carbocycles. The van der Waals surface area contributed by atoms with Crippen LogP contribution in [0.3, 0.4) is 0 Å². The minimum atomic E-state index is -2.49. The first-order valence-corrected chi connectivity index (χ1v) is 6.39. The van der Waals surface area contributed by atoms with Gasteiger partial charge in [-0.2, -0.15) is 8.78 Å². The van der Waals surface area contributed by atoms with E-state index < -0.39 is 5.76 Å². The molecule has 0 unspecified atom stereocenters. The van der Waals surface area contributed by atoms with Crippen LogP contribution in [0.5, 0.6) is 5.88 Å². The standard InChI is InChI=1S/C12H13F2N3OS/c1-17-6-5-11(16-17)18-7-8-9(15)3-2-4-10(8)19-12(13)14/h2-6,12H,7,15H2,1H3. The first-order chi connectivity index (χ1) is 9.06. The van der Waals surface area contributed by atoms with E-state index in [2.05, 4.69) is 5.10 Å². The Morgan fingerprint density at radius 2 is 2.21 bits per heavy atom. The van der Waals surface area contributed by atoms with Gasteiger partial charge in [0.1, 0.15) is 6.61 Å². The lowest BCUT2D eigenvalue weighted by molar-refractivity contribution is 0.251. The number of thioether (sulfide) groups is 1. The molecule has 0 aliphatic heterocycles. The molecule has 0 fully saturated rings. The van der Waals surface area contributed by atoms with Gasteiger partial charge in [0.25, 0.3) is 5.76 Å². The van der Waals surface area contributed by atoms with Gasteiger partial charge in [-0.15, -0.1) is 5.10 Å². The van der Waals surface area contributed by atoms with E-state index in [4.69, 9.17) is 10.5 Å². The molecule has 1 heterocycles. The fraction of sp³-hybridized carbons (Fsp3) is 0.250. The summed E-state index contributed by atoms with van der Waals surface area (Å²) >= 11 is 0.461. The highest BCUT2D eigenvalue weighted by Gasteiger charge is 2.13. The summed E-state index contributed by atoms with van der Waals surface area (Å²) in [6, 6.07) is 6.60. The fourth-order valence-corrected chi connectivity index (χ4v) is 2.23. The Balaban J connectivity index is 2.14. The van der Waals surface area contributed by atoms with Gasteiger partial charge in [-0.05, 0) is 12.1 Å². The lowest BCUT2D eigenvalue weighted by atomic mass is 10.2. The van der Waals surface area contributed by atoms with E-state index in [0.29, 0.717) is 33.8 Å². The van der Waals surface area contributed by atoms with Crippen LogP contribution in [0.15, 0.2) is 35.4 Å². The van der Waals surface area contributed by atoms with E-state index >= 15 is 0 Å². The third kappa shape index (κ3) is 3.60. The summed E-state index contributed by atoms with van der Waals surface area (Å²) in [6.45, 7) is 0.110. The number of aromatic nitrogens is 2. The number of alkyl halides is 2. The van der Waals surface area contributed by atoms with Crippen LogP contribution in [0.4, 0.5) is 14.5 Å². The highest BCUT2D eigenvalue weighted by Crippen LogP contribution is 2.32. The zero-order valence-electron chi connectivity index (χ0n) is 10.2. The summed E-state index contributed by atoms with van der Waals surface area (Å²) in [5.74, 6) is -2.06. The van der Waals surface area contributed by atoms with Gasteiger partial charge in [0.2, 0.25) is 5.88 Å². The molecule has 0 aliphatic rings. The maximum absolute atomic E-state index is 12.5. The Bertz CT molecular complexity index is 560. The second-order valence-electron chi connectivity index (χ2n) is 3.82. The van der Waals surface area contributed by atoms with Gasteiger partial charge >= 0.3 is 0 Å². The van der Waals surface area contributed by atoms with Gasteiger partial charge < -0.3 is 10.5 Å². The van der Waals surface area contributed by atoms with Crippen LogP contribution < -0.4 is 10.5 Å². The second kappa shape index (κ2) is 5.92. The molecule has 1 aromatic heterocycles. The third-order valence-corrected chi connectivity index (χ3v) is 3.25. The van der Waals surface area contributed by atoms with Gasteiger partial charge in [-0.3, -0.25) is 4.68 Å². The Morgan fingerprint density at radius 1 is 1.42 bits per heavy atom. The van der Waals surface area contributed by atoms with E-state index in [1.165, 1.54) is 0 Å². The number of rotatable bonds is 5. The quantitative estimate of drug-likeness (QED) is 0.678. The van der Waals surface area contributed by atoms with Gasteiger partial charge in [0.05, 0.1) is 0 Å². The second-order valence-corrected chi connectivity index (χ2v) is 4.85. The van der Waals surface area contributed by atoms with E-state index in [-0.39, 0.29) is 6.61 Å². The number of benzene rings is 1. The Hall–Kier alpha value is -1.76. The molecule has 0 saturated heterocycles. The lowest BCUT2D eigenvalue weighted by Crippen LogP contribution is -2.03. The van der Waals surface area contributed by atoms with Crippen LogP contribution in [-0.4, -0.2) is 15.5 Å². The molecule has 0 radical (unpaired) electrons. The molecule has 0 saturated carbocycles. The van der Waals surface area contributed by atoms with Crippen molar-refractivity contribution in [2.45, 2.75) is 17.3 Å². The van der Waals surface area contributed by atoms with Crippen molar-refractivity contribution in [3.05, 3.63) is 36.0 Å². The van der Waals surface area contributed by atoms with Crippen molar-refractivity contribution in [2.75, 3.05) is 5.73 Å². The van der Waals surface area contributed by atoms with Crippen molar-refractivity contribution in [3.63, 3.8) is 0 Å². The Kier molecular flexibility index (Phi) is 4.26. The molecule has 2 aromatic rings. The molecule has 0 bridgehead atoms. The van der Waals surface area contributed by atoms with Crippen LogP contribution in [0.2, 0.25) is 0 Å². The molecule has 7 heteroatoms. The predicted octanol–water partition coefficient (Wildman–Crippen LogP) is 2.90. The van der Waals surface area contributed by atoms with Crippen LogP contribution in [0, 0.1) is 0 Å². The summed E-state index contributed by atoms with van der Waals surface area (Å²) in [4.78, 5) is 0.422. The van der Waals surface area contributed by atoms with Crippen LogP contribution in [-0.2, 0) is 13.7 Å². The van der Waals surface area contributed by atoms with Crippen LogP contribution in [0.1, 0.15) is 5.56 Å². The summed E-state index contributed by atoms with van der Waals surface area (Å²) in [7, 11) is 1.77. The number of halogens is 2. The fourth-order valence-electron chi connectivity index (χ4n) is 1.56. The number of hydrogen-bond donors (Lipinski definition) is 1. The molecule has 2 rings (SSSR count). The largest absolute Gasteiger partial charge is 0.472 e. The minimum Gasteiger partial charge on any atom is -0.472 e. The van der Waals surface area contributed by atoms with Gasteiger partial charge in [-0.1, -0.05) is 17.8 Å². The molecule has 102 valence electrons. The van der Waals surface area contributed by atoms with E-state index in [0.717, 1.165) is 0 Å². The van der Waals surface area contributed by atoms with Crippen molar-refractivity contribution in [3.8, 4) is 5.88 Å². The smallest absolute Gasteiger partial charge is 0.288 e. The molecule has 4 nitrogen and oxygen atoms in total. The SMILES string of the molecule is Cn1ccc(OCc2c(N)cccc2SC(F)F)n1. The van der Waals surface area contributed by atoms with Crippen molar-refractivity contribution < 1.29 is 13.5 Å². The molecule has 1 aromatic carbocycles. The van der Waals surface area contributed by atoms with Gasteiger partial charge in [0, 0.05) is 35.5 Å². The van der Waals surface area contributed by atoms with Crippen LogP contribution in [0.25, 0.3) is 0 Å². The molecule has 0 atom stereocenters. The first-order valence-electron chi connectivity index (χ1n) is 5.51. The number of aryl methyl sites for hydroxylation is 1. The van der Waals surface area contributed by atoms with Crippen molar-refractivity contribution in [1.29, 1.82) is 0 Å². The first kappa shape index (κ1) is 13.7. The van der Waals surface area contributed by atoms with Gasteiger partial charge in [0.15, 0.2) is 0 Å². The van der Waals surface area contributed by atoms with E-state index in [1.54, 1.807) is 42.2 Å². The summed E-state index contributed by atoms with van der Waals surface area (Å²) in [5.41, 5.74) is 6.79. The van der Waals surface area contributed by atoms with Crippen molar-refractivity contribution >= 4 is 17.4 Å². The summed E-state index contributed by atoms with van der Waals surface area (Å²) in [5, 5.41) is 4.04. The maximum atomic E-state index is 12.5. The summed E-state index contributed by atoms with van der Waals surface area (Å²) in [6.07, 6.45) is 1.73. The average molecular weight is 285 g/mol. The molecule has 0 amide bonds. The normalized spacial score (nSPS) is 10.9. The highest BCUT2D eigenvalue weighted by molar-refractivity contribution is 7.99. The van der Waals surface area contributed by atoms with E-state index in [1.807, 2.05) is 0 Å². The number of hydrogen-bond acceptors (Lipinski definition) is 4. The molecule has 2 N–H and O–H groups in total. The van der Waals surface area contributed by atoms with Crippen LogP contribution >= 0.6 is 11.8 Å². The molecular weight excluding hydrogens is 272 g/mol. The topological polar surface area (TPSA) is 53.1 Å². The molecule has 19 heavy (non-hydrogen) atoms. The summed E-state index contributed by atoms with van der Waals surface area (Å²) < 4.78 is 32.0. The minimum absolute atomic E-state index is 0.110. The van der Waals surface area contributed by atoms with Crippen molar-refractivity contribution in [1.82, 2.24) is 9.78 Å². The number of ether oxygens (including phenoxy) is 1. The lowest BCUT2D eigenvalue weighted by Gasteiger charge is -2.11. The van der Waals surface area contributed by atoms with Crippen molar-refractivity contribution in [2.24, 2.45) is 7.05 Å². The third-order valence-electron chi connectivity index (χ3n) is 2.44. The predicted molar refractivity (Wildman–Crippen MR) is 70.3 cm³/mol. The number of nitrogen functional groups attached to an aromatic ring is 1. The Labute approximate surface area is 113 Å². The Morgan fingerprint density at radius 3 is 2.84 bits per heavy atom. The number of nitrogens with zero attached hydrogens (tertiary/aromatic N) is 2. The number of nitrogens with two attached hydrogens (primary N) is 1. The zero-order valence-corrected chi connectivity index (χ0v) is 11.0. The van der Waals surface area contributed by atoms with E-state index in [9.17, 15) is 8.78 Å². The molecule has 0 spiro atoms. The molecular formula is C12H13F2N3OS. The van der Waals surface area contributed by atoms with Gasteiger partial charge in [-0.25, -0.2) is 0 Å². The highest BCUT2D eigenvalue weighted by atomic mass is 32.2.